The van der Waals surface area contributed by atoms with Crippen molar-refractivity contribution in [1.29, 1.82) is 0 Å². The van der Waals surface area contributed by atoms with Gasteiger partial charge in [0.2, 0.25) is 0 Å². The highest BCUT2D eigenvalue weighted by Crippen LogP contribution is 2.38. The van der Waals surface area contributed by atoms with Crippen molar-refractivity contribution < 1.29 is 4.79 Å². The zero-order chi connectivity index (χ0) is 15.2. The average Bonchev–Trinajstić information content (AvgIpc) is 2.47. The molecule has 0 aliphatic heterocycles. The zero-order valence-corrected chi connectivity index (χ0v) is 13.1. The van der Waals surface area contributed by atoms with E-state index in [4.69, 9.17) is 0 Å². The van der Waals surface area contributed by atoms with E-state index in [0.717, 1.165) is 24.8 Å². The predicted octanol–water partition coefficient (Wildman–Crippen LogP) is 5.13. The largest absolute Gasteiger partial charge is 0.299 e. The molecular weight excluding hydrogens is 256 g/mol. The van der Waals surface area contributed by atoms with Crippen LogP contribution in [0.25, 0.3) is 0 Å². The fraction of sp³-hybridized carbons (Fsp3) is 0.450. The minimum Gasteiger partial charge on any atom is -0.299 e. The minimum absolute atomic E-state index is 0.339. The molecule has 0 aromatic heterocycles. The first-order valence-electron chi connectivity index (χ1n) is 7.95. The van der Waals surface area contributed by atoms with Crippen molar-refractivity contribution in [2.45, 2.75) is 45.4 Å². The van der Waals surface area contributed by atoms with Gasteiger partial charge in [-0.2, -0.15) is 0 Å². The first-order chi connectivity index (χ1) is 10.1. The molecule has 1 aromatic carbocycles. The molecule has 0 spiro atoms. The van der Waals surface area contributed by atoms with E-state index < -0.39 is 0 Å². The van der Waals surface area contributed by atoms with Gasteiger partial charge < -0.3 is 0 Å². The lowest BCUT2D eigenvalue weighted by molar-refractivity contribution is -0.118. The fourth-order valence-electron chi connectivity index (χ4n) is 3.21. The number of carbonyl (C=O) groups is 1. The molecule has 0 radical (unpaired) electrons. The maximum atomic E-state index is 12.1. The summed E-state index contributed by atoms with van der Waals surface area (Å²) >= 11 is 0. The number of benzene rings is 1. The molecular formula is C20H26O. The van der Waals surface area contributed by atoms with E-state index in [1.807, 2.05) is 30.3 Å². The molecule has 0 bridgehead atoms. The van der Waals surface area contributed by atoms with E-state index in [2.05, 4.69) is 20.1 Å². The Balaban J connectivity index is 1.82. The number of hydrogen-bond donors (Lipinski definition) is 0. The van der Waals surface area contributed by atoms with Gasteiger partial charge in [0.1, 0.15) is 5.78 Å². The SMILES string of the molecule is C=C(C)[C@H]1CCC(=C)[C@H](CCC(=O)Cc2ccccc2)C1. The smallest absolute Gasteiger partial charge is 0.137 e. The van der Waals surface area contributed by atoms with Gasteiger partial charge in [-0.3, -0.25) is 4.79 Å². The molecule has 1 nitrogen and oxygen atoms in total. The molecule has 21 heavy (non-hydrogen) atoms. The van der Waals surface area contributed by atoms with Gasteiger partial charge in [-0.25, -0.2) is 0 Å². The number of carbonyl (C=O) groups excluding carboxylic acids is 1. The quantitative estimate of drug-likeness (QED) is 0.661. The Labute approximate surface area is 128 Å². The Bertz CT molecular complexity index is 512. The molecule has 1 aliphatic rings. The second kappa shape index (κ2) is 7.40. The highest BCUT2D eigenvalue weighted by atomic mass is 16.1. The number of ketones is 1. The van der Waals surface area contributed by atoms with E-state index in [1.54, 1.807) is 0 Å². The van der Waals surface area contributed by atoms with Crippen molar-refractivity contribution in [3.8, 4) is 0 Å². The Kier molecular flexibility index (Phi) is 5.55. The number of Topliss-reactive ketones (excluding diaryl/α,β-unsaturated/α-hetero) is 1. The van der Waals surface area contributed by atoms with E-state index in [1.165, 1.54) is 17.6 Å². The second-order valence-corrected chi connectivity index (χ2v) is 6.41. The molecule has 1 aromatic rings. The van der Waals surface area contributed by atoms with Crippen molar-refractivity contribution in [3.63, 3.8) is 0 Å². The summed E-state index contributed by atoms with van der Waals surface area (Å²) in [5, 5.41) is 0. The monoisotopic (exact) mass is 282 g/mol. The second-order valence-electron chi connectivity index (χ2n) is 6.41. The van der Waals surface area contributed by atoms with Crippen LogP contribution >= 0.6 is 0 Å². The average molecular weight is 282 g/mol. The van der Waals surface area contributed by atoms with Gasteiger partial charge >= 0.3 is 0 Å². The summed E-state index contributed by atoms with van der Waals surface area (Å²) in [6, 6.07) is 10.0. The number of hydrogen-bond acceptors (Lipinski definition) is 1. The highest BCUT2D eigenvalue weighted by Gasteiger charge is 2.25. The van der Waals surface area contributed by atoms with E-state index in [9.17, 15) is 4.79 Å². The molecule has 0 N–H and O–H groups in total. The Hall–Kier alpha value is -1.63. The van der Waals surface area contributed by atoms with Gasteiger partial charge in [0, 0.05) is 12.8 Å². The lowest BCUT2D eigenvalue weighted by Crippen LogP contribution is -2.19. The van der Waals surface area contributed by atoms with Gasteiger partial charge in [0.05, 0.1) is 0 Å². The minimum atomic E-state index is 0.339. The molecule has 0 heterocycles. The van der Waals surface area contributed by atoms with Crippen LogP contribution < -0.4 is 0 Å². The van der Waals surface area contributed by atoms with Crippen LogP contribution in [0.1, 0.15) is 44.6 Å². The number of allylic oxidation sites excluding steroid dienone is 2. The van der Waals surface area contributed by atoms with Crippen LogP contribution in [0.4, 0.5) is 0 Å². The molecule has 1 fully saturated rings. The summed E-state index contributed by atoms with van der Waals surface area (Å²) < 4.78 is 0. The predicted molar refractivity (Wildman–Crippen MR) is 89.2 cm³/mol. The third-order valence-electron chi connectivity index (χ3n) is 4.67. The molecule has 1 saturated carbocycles. The van der Waals surface area contributed by atoms with Gasteiger partial charge in [-0.15, -0.1) is 0 Å². The Morgan fingerprint density at radius 3 is 2.67 bits per heavy atom. The van der Waals surface area contributed by atoms with E-state index in [0.29, 0.717) is 30.5 Å². The Morgan fingerprint density at radius 2 is 2.00 bits per heavy atom. The van der Waals surface area contributed by atoms with E-state index >= 15 is 0 Å². The van der Waals surface area contributed by atoms with Crippen LogP contribution in [0.2, 0.25) is 0 Å². The molecule has 0 amide bonds. The summed E-state index contributed by atoms with van der Waals surface area (Å²) in [6.45, 7) is 10.4. The topological polar surface area (TPSA) is 17.1 Å². The normalized spacial score (nSPS) is 22.0. The van der Waals surface area contributed by atoms with Gasteiger partial charge in [0.25, 0.3) is 0 Å². The zero-order valence-electron chi connectivity index (χ0n) is 13.1. The van der Waals surface area contributed by atoms with Crippen molar-refractivity contribution in [3.05, 3.63) is 60.2 Å². The van der Waals surface area contributed by atoms with Gasteiger partial charge in [-0.1, -0.05) is 54.6 Å². The molecule has 1 heteroatoms. The molecule has 1 aliphatic carbocycles. The maximum Gasteiger partial charge on any atom is 0.137 e. The summed E-state index contributed by atoms with van der Waals surface area (Å²) in [7, 11) is 0. The van der Waals surface area contributed by atoms with Crippen LogP contribution in [0.15, 0.2) is 54.6 Å². The van der Waals surface area contributed by atoms with Crippen LogP contribution in [0.5, 0.6) is 0 Å². The maximum absolute atomic E-state index is 12.1. The van der Waals surface area contributed by atoms with Crippen LogP contribution in [-0.4, -0.2) is 5.78 Å². The van der Waals surface area contributed by atoms with Crippen LogP contribution in [0, 0.1) is 11.8 Å². The van der Waals surface area contributed by atoms with Crippen molar-refractivity contribution in [2.24, 2.45) is 11.8 Å². The fourth-order valence-corrected chi connectivity index (χ4v) is 3.21. The van der Waals surface area contributed by atoms with Crippen molar-refractivity contribution in [2.75, 3.05) is 0 Å². The van der Waals surface area contributed by atoms with Crippen LogP contribution in [0.3, 0.4) is 0 Å². The first kappa shape index (κ1) is 15.8. The van der Waals surface area contributed by atoms with Crippen molar-refractivity contribution >= 4 is 5.78 Å². The lowest BCUT2D eigenvalue weighted by Gasteiger charge is -2.31. The summed E-state index contributed by atoms with van der Waals surface area (Å²) in [4.78, 5) is 12.1. The molecule has 112 valence electrons. The molecule has 0 saturated heterocycles. The molecule has 2 atom stereocenters. The van der Waals surface area contributed by atoms with Crippen LogP contribution in [-0.2, 0) is 11.2 Å². The van der Waals surface area contributed by atoms with E-state index in [-0.39, 0.29) is 0 Å². The first-order valence-corrected chi connectivity index (χ1v) is 7.95. The highest BCUT2D eigenvalue weighted by molar-refractivity contribution is 5.80. The third-order valence-corrected chi connectivity index (χ3v) is 4.67. The third kappa shape index (κ3) is 4.70. The lowest BCUT2D eigenvalue weighted by atomic mass is 9.74. The summed E-state index contributed by atoms with van der Waals surface area (Å²) in [6.07, 6.45) is 5.59. The molecule has 2 rings (SSSR count). The Morgan fingerprint density at radius 1 is 1.29 bits per heavy atom. The number of rotatable bonds is 6. The summed E-state index contributed by atoms with van der Waals surface area (Å²) in [5.74, 6) is 1.45. The summed E-state index contributed by atoms with van der Waals surface area (Å²) in [5.41, 5.74) is 3.73. The standard InChI is InChI=1S/C20H26O/c1-15(2)18-10-9-16(3)19(14-18)11-12-20(21)13-17-7-5-4-6-8-17/h4-8,18-19H,1,3,9-14H2,2H3/t18-,19+/m0/s1. The van der Waals surface area contributed by atoms with Crippen molar-refractivity contribution in [1.82, 2.24) is 0 Å². The molecule has 0 unspecified atom stereocenters. The van der Waals surface area contributed by atoms with Gasteiger partial charge in [-0.05, 0) is 50.0 Å². The van der Waals surface area contributed by atoms with Gasteiger partial charge in [0.15, 0.2) is 0 Å².